The summed E-state index contributed by atoms with van der Waals surface area (Å²) in [5.41, 5.74) is 0.527. The molecule has 3 nitrogen and oxygen atoms in total. The van der Waals surface area contributed by atoms with Crippen LogP contribution in [0, 0.1) is 0 Å². The Hall–Kier alpha value is -1.55. The summed E-state index contributed by atoms with van der Waals surface area (Å²) in [6.45, 7) is 7.91. The van der Waals surface area contributed by atoms with Gasteiger partial charge in [-0.2, -0.15) is 0 Å². The van der Waals surface area contributed by atoms with Crippen molar-refractivity contribution in [2.24, 2.45) is 0 Å². The third-order valence-corrected chi connectivity index (χ3v) is 2.61. The van der Waals surface area contributed by atoms with Gasteiger partial charge in [-0.1, -0.05) is 41.2 Å². The van der Waals surface area contributed by atoms with E-state index in [1.807, 2.05) is 0 Å². The Kier molecular flexibility index (Phi) is 6.22. The van der Waals surface area contributed by atoms with Crippen LogP contribution in [0.15, 0.2) is 43.5 Å². The molecule has 0 aliphatic heterocycles. The second-order valence-corrected chi connectivity index (χ2v) is 3.97. The molecule has 0 N–H and O–H groups in total. The molecule has 1 rings (SSSR count). The van der Waals surface area contributed by atoms with Crippen LogP contribution in [0.5, 0.6) is 11.5 Å². The minimum Gasteiger partial charge on any atom is -0.489 e. The van der Waals surface area contributed by atoms with Crippen molar-refractivity contribution < 1.29 is 14.3 Å². The van der Waals surface area contributed by atoms with Crippen molar-refractivity contribution >= 4 is 21.7 Å². The van der Waals surface area contributed by atoms with Crippen molar-refractivity contribution in [3.05, 3.63) is 49.1 Å². The fourth-order valence-corrected chi connectivity index (χ4v) is 1.62. The van der Waals surface area contributed by atoms with Crippen LogP contribution in [0.3, 0.4) is 0 Å². The molecule has 0 fully saturated rings. The Balaban J connectivity index is 2.98. The van der Waals surface area contributed by atoms with Crippen LogP contribution in [0.1, 0.15) is 10.4 Å². The maximum absolute atomic E-state index is 11.7. The highest BCUT2D eigenvalue weighted by molar-refractivity contribution is 9.09. The zero-order valence-corrected chi connectivity index (χ0v) is 11.6. The Morgan fingerprint density at radius 2 is 1.89 bits per heavy atom. The normalized spacial score (nSPS) is 9.61. The fraction of sp³-hybridized carbons (Fsp3) is 0.214. The smallest absolute Gasteiger partial charge is 0.177 e. The Morgan fingerprint density at radius 1 is 1.22 bits per heavy atom. The number of halogens is 1. The van der Waals surface area contributed by atoms with E-state index < -0.39 is 0 Å². The lowest BCUT2D eigenvalue weighted by Crippen LogP contribution is -2.06. The molecule has 0 saturated carbocycles. The molecular formula is C14H15BrO3. The number of hydrogen-bond acceptors (Lipinski definition) is 3. The Labute approximate surface area is 115 Å². The maximum atomic E-state index is 11.7. The Bertz CT molecular complexity index is 441. The van der Waals surface area contributed by atoms with Gasteiger partial charge in [-0.25, -0.2) is 0 Å². The first kappa shape index (κ1) is 14.5. The first-order valence-electron chi connectivity index (χ1n) is 5.43. The highest BCUT2D eigenvalue weighted by Crippen LogP contribution is 2.26. The molecule has 18 heavy (non-hydrogen) atoms. The number of ether oxygens (including phenoxy) is 2. The van der Waals surface area contributed by atoms with Gasteiger partial charge in [0, 0.05) is 6.07 Å². The van der Waals surface area contributed by atoms with Crippen molar-refractivity contribution in [1.82, 2.24) is 0 Å². The average Bonchev–Trinajstić information content (AvgIpc) is 2.42. The monoisotopic (exact) mass is 310 g/mol. The standard InChI is InChI=1S/C14H15BrO3/c1-3-7-17-11-5-6-12(13(16)10-15)14(9-11)18-8-4-2/h3-6,9H,1-2,7-8,10H2. The minimum atomic E-state index is -0.0377. The summed E-state index contributed by atoms with van der Waals surface area (Å²) in [7, 11) is 0. The van der Waals surface area contributed by atoms with Crippen LogP contribution in [0.4, 0.5) is 0 Å². The van der Waals surface area contributed by atoms with Gasteiger partial charge in [-0.05, 0) is 12.1 Å². The van der Waals surface area contributed by atoms with Crippen LogP contribution in [-0.2, 0) is 0 Å². The third-order valence-electron chi connectivity index (χ3n) is 2.10. The van der Waals surface area contributed by atoms with Crippen LogP contribution in [-0.4, -0.2) is 24.3 Å². The lowest BCUT2D eigenvalue weighted by atomic mass is 10.1. The molecule has 0 atom stereocenters. The lowest BCUT2D eigenvalue weighted by molar-refractivity contribution is 0.102. The molecule has 0 aromatic heterocycles. The fourth-order valence-electron chi connectivity index (χ4n) is 1.32. The highest BCUT2D eigenvalue weighted by atomic mass is 79.9. The van der Waals surface area contributed by atoms with Crippen LogP contribution in [0.2, 0.25) is 0 Å². The summed E-state index contributed by atoms with van der Waals surface area (Å²) < 4.78 is 10.9. The summed E-state index contributed by atoms with van der Waals surface area (Å²) >= 11 is 3.14. The van der Waals surface area contributed by atoms with Crippen molar-refractivity contribution in [2.75, 3.05) is 18.5 Å². The molecule has 0 heterocycles. The van der Waals surface area contributed by atoms with Crippen LogP contribution >= 0.6 is 15.9 Å². The second kappa shape index (κ2) is 7.71. The zero-order chi connectivity index (χ0) is 13.4. The van der Waals surface area contributed by atoms with E-state index in [0.29, 0.717) is 30.3 Å². The summed E-state index contributed by atoms with van der Waals surface area (Å²) in [4.78, 5) is 11.7. The van der Waals surface area contributed by atoms with E-state index in [-0.39, 0.29) is 11.1 Å². The number of carbonyl (C=O) groups excluding carboxylic acids is 1. The first-order chi connectivity index (χ1) is 8.72. The van der Waals surface area contributed by atoms with E-state index in [0.717, 1.165) is 0 Å². The summed E-state index contributed by atoms with van der Waals surface area (Å²) in [6.07, 6.45) is 3.28. The number of carbonyl (C=O) groups is 1. The van der Waals surface area contributed by atoms with E-state index >= 15 is 0 Å². The SMILES string of the molecule is C=CCOc1ccc(C(=O)CBr)c(OCC=C)c1. The number of ketones is 1. The molecule has 4 heteroatoms. The van der Waals surface area contributed by atoms with Crippen molar-refractivity contribution in [1.29, 1.82) is 0 Å². The molecule has 1 aromatic carbocycles. The number of alkyl halides is 1. The number of hydrogen-bond donors (Lipinski definition) is 0. The van der Waals surface area contributed by atoms with E-state index in [2.05, 4.69) is 29.1 Å². The third kappa shape index (κ3) is 4.04. The molecular weight excluding hydrogens is 296 g/mol. The van der Waals surface area contributed by atoms with Gasteiger partial charge in [0.1, 0.15) is 24.7 Å². The van der Waals surface area contributed by atoms with E-state index in [1.165, 1.54) is 0 Å². The maximum Gasteiger partial charge on any atom is 0.177 e. The average molecular weight is 311 g/mol. The van der Waals surface area contributed by atoms with Gasteiger partial charge in [-0.15, -0.1) is 0 Å². The molecule has 1 aromatic rings. The Morgan fingerprint density at radius 3 is 2.50 bits per heavy atom. The van der Waals surface area contributed by atoms with Crippen molar-refractivity contribution in [3.8, 4) is 11.5 Å². The second-order valence-electron chi connectivity index (χ2n) is 3.41. The topological polar surface area (TPSA) is 35.5 Å². The highest BCUT2D eigenvalue weighted by Gasteiger charge is 2.12. The predicted octanol–water partition coefficient (Wildman–Crippen LogP) is 3.39. The molecule has 0 aliphatic rings. The summed E-state index contributed by atoms with van der Waals surface area (Å²) in [5, 5.41) is 0.254. The van der Waals surface area contributed by atoms with Gasteiger partial charge in [0.15, 0.2) is 5.78 Å². The molecule has 0 saturated heterocycles. The summed E-state index contributed by atoms with van der Waals surface area (Å²) in [5.74, 6) is 1.10. The van der Waals surface area contributed by atoms with Gasteiger partial charge >= 0.3 is 0 Å². The van der Waals surface area contributed by atoms with Crippen LogP contribution in [0.25, 0.3) is 0 Å². The molecule has 0 bridgehead atoms. The van der Waals surface area contributed by atoms with Crippen LogP contribution < -0.4 is 9.47 Å². The lowest BCUT2D eigenvalue weighted by Gasteiger charge is -2.11. The molecule has 0 aliphatic carbocycles. The number of benzene rings is 1. The quantitative estimate of drug-likeness (QED) is 0.419. The van der Waals surface area contributed by atoms with E-state index in [1.54, 1.807) is 30.4 Å². The molecule has 0 spiro atoms. The van der Waals surface area contributed by atoms with E-state index in [4.69, 9.17) is 9.47 Å². The minimum absolute atomic E-state index is 0.0377. The predicted molar refractivity (Wildman–Crippen MR) is 76.0 cm³/mol. The largest absolute Gasteiger partial charge is 0.489 e. The van der Waals surface area contributed by atoms with Gasteiger partial charge in [0.2, 0.25) is 0 Å². The first-order valence-corrected chi connectivity index (χ1v) is 6.55. The molecule has 0 amide bonds. The van der Waals surface area contributed by atoms with Gasteiger partial charge < -0.3 is 9.47 Å². The zero-order valence-electron chi connectivity index (χ0n) is 10.0. The number of Topliss-reactive ketones (excluding diaryl/α,β-unsaturated/α-hetero) is 1. The molecule has 0 unspecified atom stereocenters. The summed E-state index contributed by atoms with van der Waals surface area (Å²) in [6, 6.07) is 5.13. The van der Waals surface area contributed by atoms with Gasteiger partial charge in [0.05, 0.1) is 10.9 Å². The van der Waals surface area contributed by atoms with Gasteiger partial charge in [-0.3, -0.25) is 4.79 Å². The van der Waals surface area contributed by atoms with E-state index in [9.17, 15) is 4.79 Å². The van der Waals surface area contributed by atoms with Gasteiger partial charge in [0.25, 0.3) is 0 Å². The van der Waals surface area contributed by atoms with Crippen molar-refractivity contribution in [2.45, 2.75) is 0 Å². The van der Waals surface area contributed by atoms with Crippen molar-refractivity contribution in [3.63, 3.8) is 0 Å². The molecule has 96 valence electrons. The number of rotatable bonds is 8. The molecule has 0 radical (unpaired) electrons.